The van der Waals surface area contributed by atoms with Crippen molar-refractivity contribution in [1.82, 2.24) is 15.5 Å². The second-order valence-corrected chi connectivity index (χ2v) is 5.18. The summed E-state index contributed by atoms with van der Waals surface area (Å²) >= 11 is 1.23. The molecule has 108 valence electrons. The second-order valence-electron chi connectivity index (χ2n) is 4.26. The number of hydrogen-bond donors (Lipinski definition) is 1. The molecule has 6 nitrogen and oxygen atoms in total. The number of unbranched alkanes of at least 4 members (excludes halogenated alkanes) is 1. The van der Waals surface area contributed by atoms with Crippen LogP contribution in [0.3, 0.4) is 0 Å². The zero-order valence-electron chi connectivity index (χ0n) is 11.5. The minimum atomic E-state index is -0.0253. The van der Waals surface area contributed by atoms with Gasteiger partial charge in [-0.3, -0.25) is 4.79 Å². The minimum absolute atomic E-state index is 0.0253. The van der Waals surface area contributed by atoms with Crippen molar-refractivity contribution in [2.45, 2.75) is 31.9 Å². The standard InChI is InChI=1S/C13H17N3O3S/c1-3-4-6-14-11(17)8-20-13-16-15-12(19-13)10-5-7-18-9(10)2/h5,7H,3-4,6,8H2,1-2H3,(H,14,17). The van der Waals surface area contributed by atoms with Gasteiger partial charge >= 0.3 is 0 Å². The van der Waals surface area contributed by atoms with Crippen molar-refractivity contribution in [3.8, 4) is 11.5 Å². The number of aromatic nitrogens is 2. The highest BCUT2D eigenvalue weighted by molar-refractivity contribution is 7.99. The molecule has 0 fully saturated rings. The van der Waals surface area contributed by atoms with E-state index in [-0.39, 0.29) is 11.7 Å². The molecule has 20 heavy (non-hydrogen) atoms. The fraction of sp³-hybridized carbons (Fsp3) is 0.462. The fourth-order valence-corrected chi connectivity index (χ4v) is 2.16. The summed E-state index contributed by atoms with van der Waals surface area (Å²) in [6, 6.07) is 1.77. The highest BCUT2D eigenvalue weighted by Gasteiger charge is 2.14. The second kappa shape index (κ2) is 7.14. The van der Waals surface area contributed by atoms with Crippen LogP contribution in [0.25, 0.3) is 11.5 Å². The highest BCUT2D eigenvalue weighted by atomic mass is 32.2. The number of rotatable bonds is 7. The molecule has 2 aromatic rings. The lowest BCUT2D eigenvalue weighted by atomic mass is 10.3. The molecule has 0 atom stereocenters. The van der Waals surface area contributed by atoms with Gasteiger partial charge in [-0.15, -0.1) is 10.2 Å². The van der Waals surface area contributed by atoms with Crippen LogP contribution in [0.5, 0.6) is 0 Å². The number of amides is 1. The Balaban J connectivity index is 1.84. The van der Waals surface area contributed by atoms with Gasteiger partial charge in [0, 0.05) is 6.54 Å². The lowest BCUT2D eigenvalue weighted by Gasteiger charge is -2.01. The molecule has 0 saturated carbocycles. The zero-order valence-corrected chi connectivity index (χ0v) is 12.3. The van der Waals surface area contributed by atoms with Gasteiger partial charge in [0.05, 0.1) is 17.6 Å². The monoisotopic (exact) mass is 295 g/mol. The summed E-state index contributed by atoms with van der Waals surface area (Å²) in [5.74, 6) is 1.38. The maximum Gasteiger partial charge on any atom is 0.277 e. The number of carbonyl (C=O) groups excluding carboxylic acids is 1. The van der Waals surface area contributed by atoms with E-state index in [2.05, 4.69) is 22.4 Å². The predicted octanol–water partition coefficient (Wildman–Crippen LogP) is 2.65. The van der Waals surface area contributed by atoms with Crippen LogP contribution in [0.1, 0.15) is 25.5 Å². The molecular formula is C13H17N3O3S. The predicted molar refractivity (Wildman–Crippen MR) is 75.4 cm³/mol. The largest absolute Gasteiger partial charge is 0.469 e. The molecule has 0 saturated heterocycles. The van der Waals surface area contributed by atoms with Crippen molar-refractivity contribution < 1.29 is 13.6 Å². The Kier molecular flexibility index (Phi) is 5.23. The number of thioether (sulfide) groups is 1. The molecule has 0 radical (unpaired) electrons. The van der Waals surface area contributed by atoms with E-state index in [4.69, 9.17) is 8.83 Å². The number of nitrogens with zero attached hydrogens (tertiary/aromatic N) is 2. The zero-order chi connectivity index (χ0) is 14.4. The maximum atomic E-state index is 11.5. The van der Waals surface area contributed by atoms with Gasteiger partial charge in [-0.05, 0) is 19.4 Å². The summed E-state index contributed by atoms with van der Waals surface area (Å²) in [6.07, 6.45) is 3.62. The molecule has 0 bridgehead atoms. The van der Waals surface area contributed by atoms with E-state index in [1.807, 2.05) is 6.92 Å². The van der Waals surface area contributed by atoms with Gasteiger partial charge in [0.15, 0.2) is 0 Å². The molecule has 2 heterocycles. The van der Waals surface area contributed by atoms with E-state index in [1.165, 1.54) is 11.8 Å². The van der Waals surface area contributed by atoms with Crippen molar-refractivity contribution in [3.05, 3.63) is 18.1 Å². The Morgan fingerprint density at radius 2 is 2.30 bits per heavy atom. The number of aryl methyl sites for hydroxylation is 1. The average molecular weight is 295 g/mol. The van der Waals surface area contributed by atoms with Crippen molar-refractivity contribution in [1.29, 1.82) is 0 Å². The van der Waals surface area contributed by atoms with Gasteiger partial charge in [0.25, 0.3) is 11.1 Å². The first-order valence-corrected chi connectivity index (χ1v) is 7.46. The molecule has 7 heteroatoms. The summed E-state index contributed by atoms with van der Waals surface area (Å²) in [5, 5.41) is 11.1. The summed E-state index contributed by atoms with van der Waals surface area (Å²) in [4.78, 5) is 11.5. The molecule has 0 aliphatic rings. The Morgan fingerprint density at radius 1 is 1.45 bits per heavy atom. The molecule has 0 aliphatic carbocycles. The van der Waals surface area contributed by atoms with Crippen molar-refractivity contribution >= 4 is 17.7 Å². The quantitative estimate of drug-likeness (QED) is 0.624. The molecule has 0 unspecified atom stereocenters. The Bertz CT molecular complexity index is 565. The molecule has 0 aliphatic heterocycles. The maximum absolute atomic E-state index is 11.5. The van der Waals surface area contributed by atoms with E-state index in [0.717, 1.165) is 24.2 Å². The SMILES string of the molecule is CCCCNC(=O)CSc1nnc(-c2ccoc2C)o1. The van der Waals surface area contributed by atoms with Gasteiger partial charge in [0.2, 0.25) is 5.91 Å². The molecule has 0 spiro atoms. The molecule has 2 rings (SSSR count). The minimum Gasteiger partial charge on any atom is -0.469 e. The normalized spacial score (nSPS) is 10.7. The van der Waals surface area contributed by atoms with E-state index in [1.54, 1.807) is 12.3 Å². The van der Waals surface area contributed by atoms with Crippen LogP contribution in [0.15, 0.2) is 26.4 Å². The third-order valence-corrected chi connectivity index (χ3v) is 3.49. The number of nitrogens with one attached hydrogen (secondary N) is 1. The highest BCUT2D eigenvalue weighted by Crippen LogP contribution is 2.25. The van der Waals surface area contributed by atoms with Crippen molar-refractivity contribution in [2.75, 3.05) is 12.3 Å². The van der Waals surface area contributed by atoms with Crippen molar-refractivity contribution in [2.24, 2.45) is 0 Å². The van der Waals surface area contributed by atoms with E-state index in [9.17, 15) is 4.79 Å². The van der Waals surface area contributed by atoms with E-state index >= 15 is 0 Å². The molecular weight excluding hydrogens is 278 g/mol. The first-order valence-electron chi connectivity index (χ1n) is 6.48. The molecule has 0 aromatic carbocycles. The van der Waals surface area contributed by atoms with E-state index in [0.29, 0.717) is 17.7 Å². The number of hydrogen-bond acceptors (Lipinski definition) is 6. The van der Waals surface area contributed by atoms with Gasteiger partial charge in [-0.25, -0.2) is 0 Å². The number of furan rings is 1. The summed E-state index contributed by atoms with van der Waals surface area (Å²) in [6.45, 7) is 4.62. The first-order chi connectivity index (χ1) is 9.70. The molecule has 1 amide bonds. The summed E-state index contributed by atoms with van der Waals surface area (Å²) in [5.41, 5.74) is 0.775. The third-order valence-electron chi connectivity index (χ3n) is 2.67. The first kappa shape index (κ1) is 14.6. The average Bonchev–Trinajstić information content (AvgIpc) is 3.05. The van der Waals surface area contributed by atoms with Crippen LogP contribution >= 0.6 is 11.8 Å². The fourth-order valence-electron chi connectivity index (χ4n) is 1.57. The van der Waals surface area contributed by atoms with Crippen molar-refractivity contribution in [3.63, 3.8) is 0 Å². The Labute approximate surface area is 121 Å². The molecule has 1 N–H and O–H groups in total. The topological polar surface area (TPSA) is 81.2 Å². The Hall–Kier alpha value is -1.76. The van der Waals surface area contributed by atoms with Gasteiger partial charge in [0.1, 0.15) is 5.76 Å². The number of carbonyl (C=O) groups is 1. The lowest BCUT2D eigenvalue weighted by Crippen LogP contribution is -2.25. The smallest absolute Gasteiger partial charge is 0.277 e. The Morgan fingerprint density at radius 3 is 3.00 bits per heavy atom. The van der Waals surface area contributed by atoms with E-state index < -0.39 is 0 Å². The summed E-state index contributed by atoms with van der Waals surface area (Å²) in [7, 11) is 0. The van der Waals surface area contributed by atoms with Crippen LogP contribution in [-0.2, 0) is 4.79 Å². The van der Waals surface area contributed by atoms with Gasteiger partial charge in [-0.1, -0.05) is 25.1 Å². The lowest BCUT2D eigenvalue weighted by molar-refractivity contribution is -0.118. The van der Waals surface area contributed by atoms with Crippen LogP contribution in [0, 0.1) is 6.92 Å². The van der Waals surface area contributed by atoms with Gasteiger partial charge in [-0.2, -0.15) is 0 Å². The van der Waals surface area contributed by atoms with Crippen LogP contribution in [0.2, 0.25) is 0 Å². The third kappa shape index (κ3) is 3.86. The summed E-state index contributed by atoms with van der Waals surface area (Å²) < 4.78 is 10.7. The van der Waals surface area contributed by atoms with Crippen LogP contribution < -0.4 is 5.32 Å². The van der Waals surface area contributed by atoms with Crippen LogP contribution in [-0.4, -0.2) is 28.4 Å². The molecule has 2 aromatic heterocycles. The van der Waals surface area contributed by atoms with Crippen LogP contribution in [0.4, 0.5) is 0 Å². The van der Waals surface area contributed by atoms with Gasteiger partial charge < -0.3 is 14.2 Å².